The van der Waals surface area contributed by atoms with Crippen LogP contribution in [0, 0.1) is 5.92 Å². The molecule has 2 aromatic carbocycles. The number of ether oxygens (including phenoxy) is 1. The molecule has 5 heteroatoms. The van der Waals surface area contributed by atoms with E-state index in [-0.39, 0.29) is 17.6 Å². The fraction of sp³-hybridized carbons (Fsp3) is 0.348. The molecule has 1 aliphatic heterocycles. The number of phenolic OH excluding ortho intramolecular Hbond substituents is 1. The molecule has 0 aliphatic carbocycles. The van der Waals surface area contributed by atoms with Crippen LogP contribution in [0.2, 0.25) is 0 Å². The Kier molecular flexibility index (Phi) is 6.71. The molecule has 0 atom stereocenters. The van der Waals surface area contributed by atoms with Gasteiger partial charge in [0.2, 0.25) is 5.91 Å². The number of likely N-dealkylation sites (tertiary alicyclic amines) is 1. The molecule has 2 aromatic rings. The lowest BCUT2D eigenvalue weighted by atomic mass is 9.95. The summed E-state index contributed by atoms with van der Waals surface area (Å²) in [4.78, 5) is 13.9. The van der Waals surface area contributed by atoms with Gasteiger partial charge in [-0.05, 0) is 36.2 Å². The van der Waals surface area contributed by atoms with Crippen LogP contribution in [0.4, 0.5) is 5.69 Å². The standard InChI is InChI=1S/C23H28N2O3/c1-3-7-17-14-19(22(26)21(15-17)28-2)16-25-12-10-18(11-13-25)23(27)24-20-8-5-4-6-9-20/h3-6,8-9,14-15,18,26H,1,7,10-13,16H2,2H3,(H,24,27)/p+1. The summed E-state index contributed by atoms with van der Waals surface area (Å²) in [5, 5.41) is 13.5. The first-order chi connectivity index (χ1) is 13.6. The number of quaternary nitrogens is 1. The van der Waals surface area contributed by atoms with Crippen molar-refractivity contribution in [2.75, 3.05) is 25.5 Å². The number of hydrogen-bond acceptors (Lipinski definition) is 3. The minimum atomic E-state index is 0.0409. The van der Waals surface area contributed by atoms with Crippen LogP contribution in [0.1, 0.15) is 24.0 Å². The lowest BCUT2D eigenvalue weighted by Gasteiger charge is -2.29. The second kappa shape index (κ2) is 9.42. The SMILES string of the molecule is C=CCc1cc(C[NH+]2CCC(C(=O)Nc3ccccc3)CC2)c(O)c(OC)c1. The van der Waals surface area contributed by atoms with Crippen LogP contribution >= 0.6 is 0 Å². The third-order valence-corrected chi connectivity index (χ3v) is 5.36. The number of phenols is 1. The molecule has 5 nitrogen and oxygen atoms in total. The third kappa shape index (κ3) is 4.93. The van der Waals surface area contributed by atoms with Crippen molar-refractivity contribution in [1.82, 2.24) is 0 Å². The van der Waals surface area contributed by atoms with E-state index in [0.717, 1.165) is 55.7 Å². The largest absolute Gasteiger partial charge is 0.504 e. The number of para-hydroxylation sites is 1. The maximum atomic E-state index is 12.5. The number of rotatable bonds is 7. The number of nitrogens with one attached hydrogen (secondary N) is 2. The molecule has 3 rings (SSSR count). The third-order valence-electron chi connectivity index (χ3n) is 5.36. The van der Waals surface area contributed by atoms with Crippen LogP contribution in [-0.2, 0) is 17.8 Å². The number of carbonyl (C=O) groups is 1. The van der Waals surface area contributed by atoms with Gasteiger partial charge in [0, 0.05) is 24.4 Å². The van der Waals surface area contributed by atoms with E-state index in [1.165, 1.54) is 4.90 Å². The van der Waals surface area contributed by atoms with Crippen molar-refractivity contribution in [2.45, 2.75) is 25.8 Å². The molecule has 0 aromatic heterocycles. The van der Waals surface area contributed by atoms with Gasteiger partial charge in [-0.3, -0.25) is 4.79 Å². The molecule has 1 heterocycles. The smallest absolute Gasteiger partial charge is 0.227 e. The molecule has 0 radical (unpaired) electrons. The van der Waals surface area contributed by atoms with E-state index in [2.05, 4.69) is 11.9 Å². The quantitative estimate of drug-likeness (QED) is 0.646. The molecule has 0 saturated carbocycles. The molecule has 3 N–H and O–H groups in total. The van der Waals surface area contributed by atoms with Crippen molar-refractivity contribution >= 4 is 11.6 Å². The monoisotopic (exact) mass is 381 g/mol. The van der Waals surface area contributed by atoms with E-state index in [1.54, 1.807) is 7.11 Å². The summed E-state index contributed by atoms with van der Waals surface area (Å²) in [5.74, 6) is 0.861. The van der Waals surface area contributed by atoms with Gasteiger partial charge in [0.05, 0.1) is 25.8 Å². The molecule has 1 amide bonds. The van der Waals surface area contributed by atoms with Crippen molar-refractivity contribution in [2.24, 2.45) is 5.92 Å². The minimum Gasteiger partial charge on any atom is -0.504 e. The van der Waals surface area contributed by atoms with E-state index in [0.29, 0.717) is 5.75 Å². The molecule has 0 bridgehead atoms. The highest BCUT2D eigenvalue weighted by Crippen LogP contribution is 2.31. The Labute approximate surface area is 166 Å². The number of hydrogen-bond donors (Lipinski definition) is 3. The minimum absolute atomic E-state index is 0.0409. The number of aromatic hydroxyl groups is 1. The summed E-state index contributed by atoms with van der Waals surface area (Å²) in [6, 6.07) is 13.5. The Bertz CT molecular complexity index is 812. The number of benzene rings is 2. The second-order valence-corrected chi connectivity index (χ2v) is 7.35. The Morgan fingerprint density at radius 1 is 1.29 bits per heavy atom. The maximum absolute atomic E-state index is 12.5. The lowest BCUT2D eigenvalue weighted by Crippen LogP contribution is -3.11. The molecule has 148 valence electrons. The predicted octanol–water partition coefficient (Wildman–Crippen LogP) is 2.56. The van der Waals surface area contributed by atoms with Gasteiger partial charge in [0.25, 0.3) is 0 Å². The number of allylic oxidation sites excluding steroid dienone is 1. The van der Waals surface area contributed by atoms with E-state index in [4.69, 9.17) is 4.74 Å². The van der Waals surface area contributed by atoms with E-state index < -0.39 is 0 Å². The summed E-state index contributed by atoms with van der Waals surface area (Å²) in [6.07, 6.45) is 4.27. The molecule has 0 unspecified atom stereocenters. The van der Waals surface area contributed by atoms with Crippen molar-refractivity contribution in [3.05, 3.63) is 66.2 Å². The zero-order valence-electron chi connectivity index (χ0n) is 16.4. The summed E-state index contributed by atoms with van der Waals surface area (Å²) in [5.41, 5.74) is 2.81. The first kappa shape index (κ1) is 20.0. The fourth-order valence-corrected chi connectivity index (χ4v) is 3.80. The second-order valence-electron chi connectivity index (χ2n) is 7.35. The van der Waals surface area contributed by atoms with Gasteiger partial charge in [0.15, 0.2) is 11.5 Å². The Morgan fingerprint density at radius 2 is 2.00 bits per heavy atom. The van der Waals surface area contributed by atoms with Gasteiger partial charge in [-0.25, -0.2) is 0 Å². The topological polar surface area (TPSA) is 63.0 Å². The highest BCUT2D eigenvalue weighted by Gasteiger charge is 2.28. The van der Waals surface area contributed by atoms with Crippen molar-refractivity contribution < 1.29 is 19.5 Å². The number of piperidine rings is 1. The van der Waals surface area contributed by atoms with Gasteiger partial charge in [-0.2, -0.15) is 0 Å². The molecule has 1 saturated heterocycles. The Morgan fingerprint density at radius 3 is 2.64 bits per heavy atom. The number of methoxy groups -OCH3 is 1. The van der Waals surface area contributed by atoms with Crippen LogP contribution < -0.4 is 15.0 Å². The average molecular weight is 381 g/mol. The van der Waals surface area contributed by atoms with Crippen molar-refractivity contribution in [3.8, 4) is 11.5 Å². The highest BCUT2D eigenvalue weighted by molar-refractivity contribution is 5.92. The highest BCUT2D eigenvalue weighted by atomic mass is 16.5. The lowest BCUT2D eigenvalue weighted by molar-refractivity contribution is -0.919. The number of anilines is 1. The van der Waals surface area contributed by atoms with Crippen molar-refractivity contribution in [3.63, 3.8) is 0 Å². The van der Waals surface area contributed by atoms with E-state index >= 15 is 0 Å². The van der Waals surface area contributed by atoms with Crippen LogP contribution in [-0.4, -0.2) is 31.2 Å². The van der Waals surface area contributed by atoms with Gasteiger partial charge in [-0.15, -0.1) is 6.58 Å². The zero-order valence-corrected chi connectivity index (χ0v) is 16.4. The Hall–Kier alpha value is -2.79. The number of amides is 1. The normalized spacial score (nSPS) is 19.0. The van der Waals surface area contributed by atoms with Crippen LogP contribution in [0.15, 0.2) is 55.1 Å². The molecule has 28 heavy (non-hydrogen) atoms. The summed E-state index contributed by atoms with van der Waals surface area (Å²) >= 11 is 0. The van der Waals surface area contributed by atoms with Gasteiger partial charge in [0.1, 0.15) is 6.54 Å². The van der Waals surface area contributed by atoms with Crippen LogP contribution in [0.5, 0.6) is 11.5 Å². The summed E-state index contributed by atoms with van der Waals surface area (Å²) in [7, 11) is 1.57. The molecule has 1 aliphatic rings. The first-order valence-electron chi connectivity index (χ1n) is 9.79. The van der Waals surface area contributed by atoms with Gasteiger partial charge >= 0.3 is 0 Å². The molecular weight excluding hydrogens is 352 g/mol. The van der Waals surface area contributed by atoms with Gasteiger partial charge < -0.3 is 20.1 Å². The summed E-state index contributed by atoms with van der Waals surface area (Å²) < 4.78 is 5.32. The summed E-state index contributed by atoms with van der Waals surface area (Å²) in [6.45, 7) is 6.32. The van der Waals surface area contributed by atoms with E-state index in [1.807, 2.05) is 48.5 Å². The Balaban J connectivity index is 1.59. The molecule has 1 fully saturated rings. The zero-order chi connectivity index (χ0) is 19.9. The molecule has 0 spiro atoms. The van der Waals surface area contributed by atoms with Crippen LogP contribution in [0.25, 0.3) is 0 Å². The number of carbonyl (C=O) groups excluding carboxylic acids is 1. The van der Waals surface area contributed by atoms with Gasteiger partial charge in [-0.1, -0.05) is 24.3 Å². The average Bonchev–Trinajstić information content (AvgIpc) is 2.71. The van der Waals surface area contributed by atoms with Crippen molar-refractivity contribution in [1.29, 1.82) is 0 Å². The predicted molar refractivity (Wildman–Crippen MR) is 111 cm³/mol. The maximum Gasteiger partial charge on any atom is 0.227 e. The van der Waals surface area contributed by atoms with Crippen LogP contribution in [0.3, 0.4) is 0 Å². The van der Waals surface area contributed by atoms with E-state index in [9.17, 15) is 9.90 Å². The fourth-order valence-electron chi connectivity index (χ4n) is 3.80. The first-order valence-corrected chi connectivity index (χ1v) is 9.79. The molecular formula is C23H29N2O3+.